The Balaban J connectivity index is 1.26. The highest BCUT2D eigenvalue weighted by molar-refractivity contribution is 7.86. The Morgan fingerprint density at radius 2 is 1.11 bits per heavy atom. The highest BCUT2D eigenvalue weighted by Crippen LogP contribution is 2.44. The van der Waals surface area contributed by atoms with Crippen molar-refractivity contribution in [3.05, 3.63) is 96.1 Å². The summed E-state index contributed by atoms with van der Waals surface area (Å²) in [4.78, 5) is -1.84. The standard InChI is InChI=1S/C35H29N7O11S3/c1-18-12-29(41-42-34-33(56(50,51)52)15-21-14-32(55(47,48)49)26(36)17-25(21)35(34)43)19(2)11-28(18)40-39-27-10-8-23(16-30(27)53-3)38-37-22-7-9-24-20(13-22)5-4-6-31(24)54(44,45)46/h4-17,43H,36H2,1-3H3,(H,44,45,46)(H,47,48,49)(H,50,51,52)/b38-37+,40-39+,42-41+. The maximum Gasteiger partial charge on any atom is 0.296 e. The number of ether oxygens (including phenoxy) is 1. The van der Waals surface area contributed by atoms with Gasteiger partial charge in [-0.25, -0.2) is 0 Å². The van der Waals surface area contributed by atoms with Crippen LogP contribution in [0.15, 0.2) is 130 Å². The molecule has 288 valence electrons. The first kappa shape index (κ1) is 39.5. The minimum atomic E-state index is -5.04. The third-order valence-electron chi connectivity index (χ3n) is 8.32. The molecule has 6 N–H and O–H groups in total. The molecular formula is C35H29N7O11S3. The van der Waals surface area contributed by atoms with Gasteiger partial charge >= 0.3 is 0 Å². The maximum atomic E-state index is 12.3. The molecular weight excluding hydrogens is 791 g/mol. The fraction of sp³-hybridized carbons (Fsp3) is 0.0857. The van der Waals surface area contributed by atoms with E-state index in [1.165, 1.54) is 25.3 Å². The first-order valence-corrected chi connectivity index (χ1v) is 20.2. The molecule has 0 aliphatic carbocycles. The predicted octanol–water partition coefficient (Wildman–Crippen LogP) is 8.89. The Bertz CT molecular complexity index is 3040. The minimum absolute atomic E-state index is 0.129. The second-order valence-electron chi connectivity index (χ2n) is 12.2. The van der Waals surface area contributed by atoms with Crippen molar-refractivity contribution in [1.29, 1.82) is 0 Å². The van der Waals surface area contributed by atoms with Crippen LogP contribution in [0.25, 0.3) is 21.5 Å². The summed E-state index contributed by atoms with van der Waals surface area (Å²) in [6.07, 6.45) is 0. The van der Waals surface area contributed by atoms with E-state index in [0.29, 0.717) is 50.4 Å². The summed E-state index contributed by atoms with van der Waals surface area (Å²) in [6, 6.07) is 19.9. The average molecular weight is 820 g/mol. The summed E-state index contributed by atoms with van der Waals surface area (Å²) in [7, 11) is -12.8. The van der Waals surface area contributed by atoms with Crippen molar-refractivity contribution in [2.24, 2.45) is 30.7 Å². The van der Waals surface area contributed by atoms with Gasteiger partial charge in [-0.3, -0.25) is 13.7 Å². The summed E-state index contributed by atoms with van der Waals surface area (Å²) in [5.41, 5.74) is 7.60. The number of aromatic hydroxyl groups is 1. The van der Waals surface area contributed by atoms with Crippen LogP contribution in [0.2, 0.25) is 0 Å². The smallest absolute Gasteiger partial charge is 0.296 e. The number of fused-ring (bicyclic) bond motifs is 2. The van der Waals surface area contributed by atoms with E-state index in [4.69, 9.17) is 10.5 Å². The lowest BCUT2D eigenvalue weighted by atomic mass is 10.1. The van der Waals surface area contributed by atoms with E-state index in [0.717, 1.165) is 18.2 Å². The molecule has 6 aromatic rings. The van der Waals surface area contributed by atoms with Crippen LogP contribution in [0.5, 0.6) is 11.5 Å². The molecule has 56 heavy (non-hydrogen) atoms. The van der Waals surface area contributed by atoms with Crippen molar-refractivity contribution in [1.82, 2.24) is 0 Å². The summed E-state index contributed by atoms with van der Waals surface area (Å²) in [6.45, 7) is 3.37. The van der Waals surface area contributed by atoms with E-state index >= 15 is 0 Å². The molecule has 0 aromatic heterocycles. The summed E-state index contributed by atoms with van der Waals surface area (Å²) in [5, 5.41) is 36.7. The van der Waals surface area contributed by atoms with Gasteiger partial charge in [-0.2, -0.15) is 45.7 Å². The monoisotopic (exact) mass is 819 g/mol. The quantitative estimate of drug-likeness (QED) is 0.0492. The lowest BCUT2D eigenvalue weighted by Gasteiger charge is -2.11. The van der Waals surface area contributed by atoms with Gasteiger partial charge in [0.1, 0.15) is 31.8 Å². The zero-order valence-electron chi connectivity index (χ0n) is 29.2. The van der Waals surface area contributed by atoms with Gasteiger partial charge in [0.2, 0.25) is 0 Å². The first-order chi connectivity index (χ1) is 26.2. The van der Waals surface area contributed by atoms with Crippen LogP contribution in [0.4, 0.5) is 39.8 Å². The second kappa shape index (κ2) is 14.8. The van der Waals surface area contributed by atoms with Crippen molar-refractivity contribution in [3.63, 3.8) is 0 Å². The third-order valence-corrected chi connectivity index (χ3v) is 11.0. The van der Waals surface area contributed by atoms with E-state index in [9.17, 15) is 44.0 Å². The zero-order chi connectivity index (χ0) is 40.7. The highest BCUT2D eigenvalue weighted by Gasteiger charge is 2.25. The number of phenols is 1. The largest absolute Gasteiger partial charge is 0.505 e. The molecule has 0 unspecified atom stereocenters. The molecule has 0 amide bonds. The predicted molar refractivity (Wildman–Crippen MR) is 205 cm³/mol. The number of nitrogens with zero attached hydrogens (tertiary/aromatic N) is 6. The van der Waals surface area contributed by atoms with Crippen molar-refractivity contribution in [3.8, 4) is 11.5 Å². The number of hydrogen-bond acceptors (Lipinski definition) is 15. The molecule has 0 aliphatic heterocycles. The maximum absolute atomic E-state index is 12.3. The number of benzene rings is 6. The Morgan fingerprint density at radius 1 is 0.554 bits per heavy atom. The van der Waals surface area contributed by atoms with Crippen LogP contribution >= 0.6 is 0 Å². The van der Waals surface area contributed by atoms with E-state index in [2.05, 4.69) is 30.7 Å². The second-order valence-corrected chi connectivity index (χ2v) is 16.3. The third kappa shape index (κ3) is 8.22. The number of hydrogen-bond donors (Lipinski definition) is 5. The van der Waals surface area contributed by atoms with E-state index in [1.54, 1.807) is 62.4 Å². The Labute approximate surface area is 319 Å². The van der Waals surface area contributed by atoms with Crippen molar-refractivity contribution < 1.29 is 48.8 Å². The van der Waals surface area contributed by atoms with Crippen molar-refractivity contribution in [2.75, 3.05) is 12.8 Å². The average Bonchev–Trinajstić information content (AvgIpc) is 3.12. The number of nitrogens with two attached hydrogens (primary N) is 1. The van der Waals surface area contributed by atoms with Gasteiger partial charge in [0.05, 0.1) is 35.5 Å². The molecule has 0 saturated carbocycles. The molecule has 18 nitrogen and oxygen atoms in total. The van der Waals surface area contributed by atoms with E-state index < -0.39 is 57.3 Å². The number of anilines is 1. The molecule has 0 fully saturated rings. The van der Waals surface area contributed by atoms with Gasteiger partial charge < -0.3 is 15.6 Å². The number of nitrogen functional groups attached to an aromatic ring is 1. The number of rotatable bonds is 10. The van der Waals surface area contributed by atoms with Crippen LogP contribution < -0.4 is 10.5 Å². The molecule has 0 bridgehead atoms. The van der Waals surface area contributed by atoms with E-state index in [1.807, 2.05) is 0 Å². The number of phenolic OH excluding ortho intramolecular Hbond substituents is 1. The van der Waals surface area contributed by atoms with Gasteiger partial charge in [-0.15, -0.1) is 10.2 Å². The zero-order valence-corrected chi connectivity index (χ0v) is 31.7. The number of aryl methyl sites for hydroxylation is 2. The molecule has 0 atom stereocenters. The van der Waals surface area contributed by atoms with Gasteiger partial charge in [0, 0.05) is 16.8 Å². The Morgan fingerprint density at radius 3 is 1.71 bits per heavy atom. The first-order valence-electron chi connectivity index (χ1n) is 15.8. The SMILES string of the molecule is COc1cc(/N=N/c2ccc3c(S(=O)(=O)O)cccc3c2)ccc1/N=N/c1cc(C)c(/N=N/c2c(S(=O)(=O)O)cc3cc(S(=O)(=O)O)c(N)cc3c2O)cc1C. The number of methoxy groups -OCH3 is 1. The Hall–Kier alpha value is -6.23. The summed E-state index contributed by atoms with van der Waals surface area (Å²) >= 11 is 0. The molecule has 21 heteroatoms. The molecule has 0 spiro atoms. The minimum Gasteiger partial charge on any atom is -0.505 e. The van der Waals surface area contributed by atoms with Gasteiger partial charge in [-0.1, -0.05) is 18.2 Å². The topological polar surface area (TPSA) is 293 Å². The molecule has 0 aliphatic rings. The van der Waals surface area contributed by atoms with Crippen LogP contribution in [0, 0.1) is 13.8 Å². The van der Waals surface area contributed by atoms with Gasteiger partial charge in [0.25, 0.3) is 30.4 Å². The van der Waals surface area contributed by atoms with Gasteiger partial charge in [0.15, 0.2) is 5.75 Å². The lowest BCUT2D eigenvalue weighted by Crippen LogP contribution is -2.04. The molecule has 6 rings (SSSR count). The van der Waals surface area contributed by atoms with Crippen molar-refractivity contribution in [2.45, 2.75) is 28.5 Å². The fourth-order valence-electron chi connectivity index (χ4n) is 5.58. The van der Waals surface area contributed by atoms with Crippen molar-refractivity contribution >= 4 is 91.7 Å². The highest BCUT2D eigenvalue weighted by atomic mass is 32.2. The fourth-order valence-corrected chi connectivity index (χ4v) is 7.58. The molecule has 0 heterocycles. The van der Waals surface area contributed by atoms with Crippen LogP contribution in [-0.4, -0.2) is 51.1 Å². The van der Waals surface area contributed by atoms with Gasteiger partial charge in [-0.05, 0) is 96.4 Å². The molecule has 0 saturated heterocycles. The lowest BCUT2D eigenvalue weighted by molar-refractivity contribution is 0.416. The normalized spacial score (nSPS) is 12.8. The van der Waals surface area contributed by atoms with Crippen LogP contribution in [0.1, 0.15) is 11.1 Å². The summed E-state index contributed by atoms with van der Waals surface area (Å²) < 4.78 is 106. The summed E-state index contributed by atoms with van der Waals surface area (Å²) in [5.74, 6) is -0.457. The van der Waals surface area contributed by atoms with E-state index in [-0.39, 0.29) is 21.4 Å². The molecule has 0 radical (unpaired) electrons. The van der Waals surface area contributed by atoms with Crippen LogP contribution in [0.3, 0.4) is 0 Å². The Kier molecular flexibility index (Phi) is 10.4. The number of azo groups is 3. The molecule has 6 aromatic carbocycles. The van der Waals surface area contributed by atoms with Crippen LogP contribution in [-0.2, 0) is 30.4 Å².